The van der Waals surface area contributed by atoms with E-state index in [1.807, 2.05) is 54.3 Å². The lowest BCUT2D eigenvalue weighted by Gasteiger charge is -2.33. The molecule has 154 valence electrons. The van der Waals surface area contributed by atoms with Crippen molar-refractivity contribution in [3.63, 3.8) is 0 Å². The van der Waals surface area contributed by atoms with E-state index in [1.165, 1.54) is 12.0 Å². The van der Waals surface area contributed by atoms with Crippen LogP contribution in [0.3, 0.4) is 0 Å². The van der Waals surface area contributed by atoms with Crippen LogP contribution < -0.4 is 10.6 Å². The zero-order valence-electron chi connectivity index (χ0n) is 17.6. The highest BCUT2D eigenvalue weighted by Crippen LogP contribution is 2.22. The molecule has 0 aromatic heterocycles. The van der Waals surface area contributed by atoms with Gasteiger partial charge < -0.3 is 15.5 Å². The molecule has 1 aliphatic heterocycles. The maximum absolute atomic E-state index is 12.8. The van der Waals surface area contributed by atoms with Crippen LogP contribution in [0.4, 0.5) is 11.4 Å². The van der Waals surface area contributed by atoms with Crippen LogP contribution in [0, 0.1) is 6.92 Å². The van der Waals surface area contributed by atoms with Crippen molar-refractivity contribution in [1.29, 1.82) is 0 Å². The van der Waals surface area contributed by atoms with Crippen molar-refractivity contribution >= 4 is 23.2 Å². The number of piperidine rings is 1. The Balaban J connectivity index is 1.57. The summed E-state index contributed by atoms with van der Waals surface area (Å²) in [5, 5.41) is 6.07. The van der Waals surface area contributed by atoms with Gasteiger partial charge in [-0.15, -0.1) is 0 Å². The van der Waals surface area contributed by atoms with Crippen LogP contribution in [-0.2, 0) is 11.2 Å². The molecule has 29 heavy (non-hydrogen) atoms. The van der Waals surface area contributed by atoms with E-state index >= 15 is 0 Å². The second-order valence-corrected chi connectivity index (χ2v) is 7.83. The van der Waals surface area contributed by atoms with E-state index in [-0.39, 0.29) is 18.4 Å². The molecule has 0 spiro atoms. The maximum Gasteiger partial charge on any atom is 0.254 e. The summed E-state index contributed by atoms with van der Waals surface area (Å²) in [7, 11) is 0. The van der Waals surface area contributed by atoms with Crippen molar-refractivity contribution in [1.82, 2.24) is 4.90 Å². The smallest absolute Gasteiger partial charge is 0.254 e. The fourth-order valence-corrected chi connectivity index (χ4v) is 3.77. The third-order valence-electron chi connectivity index (χ3n) is 5.62. The normalized spacial score (nSPS) is 16.4. The Hall–Kier alpha value is -2.82. The van der Waals surface area contributed by atoms with Gasteiger partial charge in [0.1, 0.15) is 0 Å². The van der Waals surface area contributed by atoms with E-state index < -0.39 is 0 Å². The van der Waals surface area contributed by atoms with Crippen LogP contribution in [0.1, 0.15) is 54.6 Å². The molecular weight excluding hydrogens is 362 g/mol. The SMILES string of the molecule is CCc1ccc(NC(=O)CNc2ccc(C(=O)N3CCCCC3C)cc2C)cc1. The predicted octanol–water partition coefficient (Wildman–Crippen LogP) is 4.62. The van der Waals surface area contributed by atoms with Crippen LogP contribution in [0.15, 0.2) is 42.5 Å². The highest BCUT2D eigenvalue weighted by Gasteiger charge is 2.24. The Morgan fingerprint density at radius 3 is 2.52 bits per heavy atom. The number of hydrogen-bond donors (Lipinski definition) is 2. The lowest BCUT2D eigenvalue weighted by molar-refractivity contribution is -0.114. The monoisotopic (exact) mass is 393 g/mol. The summed E-state index contributed by atoms with van der Waals surface area (Å²) < 4.78 is 0. The van der Waals surface area contributed by atoms with Gasteiger partial charge >= 0.3 is 0 Å². The molecule has 2 N–H and O–H groups in total. The molecule has 1 unspecified atom stereocenters. The van der Waals surface area contributed by atoms with Gasteiger partial charge in [-0.25, -0.2) is 0 Å². The zero-order chi connectivity index (χ0) is 20.8. The van der Waals surface area contributed by atoms with Crippen molar-refractivity contribution in [3.05, 3.63) is 59.2 Å². The molecule has 0 aliphatic carbocycles. The summed E-state index contributed by atoms with van der Waals surface area (Å²) in [6.45, 7) is 7.19. The molecule has 0 bridgehead atoms. The first-order valence-electron chi connectivity index (χ1n) is 10.5. The molecule has 2 aromatic carbocycles. The van der Waals surface area contributed by atoms with Crippen LogP contribution in [0.2, 0.25) is 0 Å². The first-order chi connectivity index (χ1) is 14.0. The molecule has 1 atom stereocenters. The van der Waals surface area contributed by atoms with E-state index in [9.17, 15) is 9.59 Å². The molecule has 2 amide bonds. The van der Waals surface area contributed by atoms with Gasteiger partial charge in [0.25, 0.3) is 5.91 Å². The van der Waals surface area contributed by atoms with E-state index in [1.54, 1.807) is 0 Å². The third kappa shape index (κ3) is 5.37. The lowest BCUT2D eigenvalue weighted by Crippen LogP contribution is -2.42. The molecule has 0 radical (unpaired) electrons. The molecule has 2 aromatic rings. The third-order valence-corrected chi connectivity index (χ3v) is 5.62. The number of nitrogens with zero attached hydrogens (tertiary/aromatic N) is 1. The average molecular weight is 394 g/mol. The predicted molar refractivity (Wildman–Crippen MR) is 118 cm³/mol. The summed E-state index contributed by atoms with van der Waals surface area (Å²) in [6.07, 6.45) is 4.31. The standard InChI is InChI=1S/C24H31N3O2/c1-4-19-8-11-21(12-9-19)26-23(28)16-25-22-13-10-20(15-17(22)2)24(29)27-14-6-5-7-18(27)3/h8-13,15,18,25H,4-7,14,16H2,1-3H3,(H,26,28). The van der Waals surface area contributed by atoms with Gasteiger partial charge in [-0.2, -0.15) is 0 Å². The first kappa shape index (κ1) is 20.9. The van der Waals surface area contributed by atoms with Crippen molar-refractivity contribution in [2.24, 2.45) is 0 Å². The number of amides is 2. The Morgan fingerprint density at radius 2 is 1.86 bits per heavy atom. The second kappa shape index (κ2) is 9.59. The summed E-state index contributed by atoms with van der Waals surface area (Å²) in [5.41, 5.74) is 4.57. The van der Waals surface area contributed by atoms with Gasteiger partial charge in [-0.3, -0.25) is 9.59 Å². The minimum Gasteiger partial charge on any atom is -0.376 e. The number of likely N-dealkylation sites (tertiary alicyclic amines) is 1. The van der Waals surface area contributed by atoms with E-state index in [2.05, 4.69) is 24.5 Å². The van der Waals surface area contributed by atoms with Crippen molar-refractivity contribution in [2.45, 2.75) is 52.5 Å². The van der Waals surface area contributed by atoms with Crippen LogP contribution in [0.5, 0.6) is 0 Å². The second-order valence-electron chi connectivity index (χ2n) is 7.83. The molecule has 3 rings (SSSR count). The summed E-state index contributed by atoms with van der Waals surface area (Å²) in [6, 6.07) is 13.8. The molecular formula is C24H31N3O2. The number of hydrogen-bond acceptors (Lipinski definition) is 3. The Morgan fingerprint density at radius 1 is 1.10 bits per heavy atom. The number of benzene rings is 2. The summed E-state index contributed by atoms with van der Waals surface area (Å²) >= 11 is 0. The minimum absolute atomic E-state index is 0.0973. The fourth-order valence-electron chi connectivity index (χ4n) is 3.77. The van der Waals surface area contributed by atoms with E-state index in [0.29, 0.717) is 11.6 Å². The molecule has 1 fully saturated rings. The van der Waals surface area contributed by atoms with E-state index in [0.717, 1.165) is 42.7 Å². The van der Waals surface area contributed by atoms with Crippen molar-refractivity contribution in [3.8, 4) is 0 Å². The molecule has 5 heteroatoms. The summed E-state index contributed by atoms with van der Waals surface area (Å²) in [5.74, 6) is -0.00365. The number of anilines is 2. The Bertz CT molecular complexity index is 861. The highest BCUT2D eigenvalue weighted by molar-refractivity contribution is 5.96. The van der Waals surface area contributed by atoms with Gasteiger partial charge in [0.15, 0.2) is 0 Å². The highest BCUT2D eigenvalue weighted by atomic mass is 16.2. The molecule has 1 heterocycles. The zero-order valence-corrected chi connectivity index (χ0v) is 17.6. The van der Waals surface area contributed by atoms with Gasteiger partial charge in [-0.1, -0.05) is 19.1 Å². The summed E-state index contributed by atoms with van der Waals surface area (Å²) in [4.78, 5) is 27.0. The number of carbonyl (C=O) groups is 2. The van der Waals surface area contributed by atoms with Crippen LogP contribution >= 0.6 is 0 Å². The van der Waals surface area contributed by atoms with Gasteiger partial charge in [-0.05, 0) is 81.0 Å². The lowest BCUT2D eigenvalue weighted by atomic mass is 10.0. The van der Waals surface area contributed by atoms with Crippen LogP contribution in [-0.4, -0.2) is 35.8 Å². The number of aryl methyl sites for hydroxylation is 2. The van der Waals surface area contributed by atoms with Gasteiger partial charge in [0.2, 0.25) is 5.91 Å². The largest absolute Gasteiger partial charge is 0.376 e. The maximum atomic E-state index is 12.8. The van der Waals surface area contributed by atoms with Gasteiger partial charge in [0.05, 0.1) is 6.54 Å². The topological polar surface area (TPSA) is 61.4 Å². The van der Waals surface area contributed by atoms with Crippen molar-refractivity contribution < 1.29 is 9.59 Å². The molecule has 0 saturated carbocycles. The van der Waals surface area contributed by atoms with Gasteiger partial charge in [0, 0.05) is 29.5 Å². The van der Waals surface area contributed by atoms with Crippen molar-refractivity contribution in [2.75, 3.05) is 23.7 Å². The number of nitrogens with one attached hydrogen (secondary N) is 2. The van der Waals surface area contributed by atoms with E-state index in [4.69, 9.17) is 0 Å². The molecule has 1 aliphatic rings. The molecule has 1 saturated heterocycles. The first-order valence-corrected chi connectivity index (χ1v) is 10.5. The number of rotatable bonds is 6. The fraction of sp³-hybridized carbons (Fsp3) is 0.417. The van der Waals surface area contributed by atoms with Crippen LogP contribution in [0.25, 0.3) is 0 Å². The Labute approximate surface area is 173 Å². The minimum atomic E-state index is -0.101. The quantitative estimate of drug-likeness (QED) is 0.753. The Kier molecular flexibility index (Phi) is 6.91. The average Bonchev–Trinajstić information content (AvgIpc) is 2.73. The number of carbonyl (C=O) groups excluding carboxylic acids is 2. The molecule has 5 nitrogen and oxygen atoms in total.